The zero-order valence-electron chi connectivity index (χ0n) is 16.8. The number of anilines is 2. The van der Waals surface area contributed by atoms with Crippen molar-refractivity contribution < 1.29 is 19.1 Å². The van der Waals surface area contributed by atoms with Crippen molar-refractivity contribution in [1.29, 1.82) is 0 Å². The Bertz CT molecular complexity index is 912. The van der Waals surface area contributed by atoms with E-state index in [1.807, 2.05) is 57.2 Å². The number of aryl methyl sites for hydroxylation is 3. The fraction of sp³-hybridized carbons (Fsp3) is 0.318. The van der Waals surface area contributed by atoms with Crippen LogP contribution in [0.5, 0.6) is 0 Å². The molecule has 0 unspecified atom stereocenters. The summed E-state index contributed by atoms with van der Waals surface area (Å²) in [6, 6.07) is 11.3. The van der Waals surface area contributed by atoms with Gasteiger partial charge in [0.1, 0.15) is 0 Å². The molecular weight excluding hydrogens is 436 g/mol. The van der Waals surface area contributed by atoms with Crippen LogP contribution >= 0.6 is 15.9 Å². The highest BCUT2D eigenvalue weighted by Crippen LogP contribution is 2.24. The van der Waals surface area contributed by atoms with Crippen molar-refractivity contribution in [2.75, 3.05) is 17.2 Å². The monoisotopic (exact) mass is 460 g/mol. The first-order valence-electron chi connectivity index (χ1n) is 9.40. The molecule has 0 saturated carbocycles. The lowest BCUT2D eigenvalue weighted by atomic mass is 10.1. The van der Waals surface area contributed by atoms with Crippen molar-refractivity contribution in [3.8, 4) is 0 Å². The lowest BCUT2D eigenvalue weighted by Gasteiger charge is -2.11. The molecule has 154 valence electrons. The number of esters is 1. The fourth-order valence-corrected chi connectivity index (χ4v) is 3.16. The number of hydrogen-bond donors (Lipinski definition) is 2. The van der Waals surface area contributed by atoms with Gasteiger partial charge >= 0.3 is 5.97 Å². The summed E-state index contributed by atoms with van der Waals surface area (Å²) in [5.41, 5.74) is 4.32. The summed E-state index contributed by atoms with van der Waals surface area (Å²) >= 11 is 3.44. The van der Waals surface area contributed by atoms with Gasteiger partial charge in [-0.25, -0.2) is 0 Å². The number of para-hydroxylation sites is 1. The SMILES string of the molecule is CCc1ccccc1NC(=O)CCC(=O)OCC(=O)Nc1cc(C)c(Br)cc1C. The van der Waals surface area contributed by atoms with E-state index in [4.69, 9.17) is 4.74 Å². The molecule has 29 heavy (non-hydrogen) atoms. The minimum atomic E-state index is -0.595. The molecule has 0 radical (unpaired) electrons. The molecule has 0 saturated heterocycles. The standard InChI is InChI=1S/C22H25BrN2O4/c1-4-16-7-5-6-8-18(16)24-20(26)9-10-22(28)29-13-21(27)25-19-12-14(2)17(23)11-15(19)3/h5-8,11-12H,4,9-10,13H2,1-3H3,(H,24,26)(H,25,27). The van der Waals surface area contributed by atoms with Crippen molar-refractivity contribution in [3.05, 3.63) is 57.6 Å². The van der Waals surface area contributed by atoms with E-state index in [-0.39, 0.29) is 18.7 Å². The van der Waals surface area contributed by atoms with Gasteiger partial charge in [-0.3, -0.25) is 14.4 Å². The number of benzene rings is 2. The first-order valence-corrected chi connectivity index (χ1v) is 10.2. The summed E-state index contributed by atoms with van der Waals surface area (Å²) in [4.78, 5) is 36.0. The third-order valence-electron chi connectivity index (χ3n) is 4.37. The second-order valence-electron chi connectivity index (χ2n) is 6.68. The molecule has 2 amide bonds. The topological polar surface area (TPSA) is 84.5 Å². The number of nitrogens with one attached hydrogen (secondary N) is 2. The van der Waals surface area contributed by atoms with Gasteiger partial charge in [-0.1, -0.05) is 41.1 Å². The Morgan fingerprint density at radius 2 is 1.62 bits per heavy atom. The maximum absolute atomic E-state index is 12.1. The Morgan fingerprint density at radius 3 is 2.34 bits per heavy atom. The number of carbonyl (C=O) groups excluding carboxylic acids is 3. The van der Waals surface area contributed by atoms with E-state index in [0.717, 1.165) is 33.3 Å². The zero-order chi connectivity index (χ0) is 21.4. The number of rotatable bonds is 8. The van der Waals surface area contributed by atoms with Crippen molar-refractivity contribution in [3.63, 3.8) is 0 Å². The Morgan fingerprint density at radius 1 is 0.931 bits per heavy atom. The van der Waals surface area contributed by atoms with Crippen LogP contribution in [0.3, 0.4) is 0 Å². The molecule has 0 fully saturated rings. The summed E-state index contributed by atoms with van der Waals surface area (Å²) in [6.45, 7) is 5.41. The molecule has 2 aromatic carbocycles. The number of hydrogen-bond acceptors (Lipinski definition) is 4. The Hall–Kier alpha value is -2.67. The van der Waals surface area contributed by atoms with Gasteiger partial charge in [0.15, 0.2) is 6.61 Å². The summed E-state index contributed by atoms with van der Waals surface area (Å²) in [5, 5.41) is 5.53. The van der Waals surface area contributed by atoms with Gasteiger partial charge < -0.3 is 15.4 Å². The summed E-state index contributed by atoms with van der Waals surface area (Å²) in [7, 11) is 0. The van der Waals surface area contributed by atoms with Crippen molar-refractivity contribution in [2.24, 2.45) is 0 Å². The van der Waals surface area contributed by atoms with E-state index in [9.17, 15) is 14.4 Å². The highest BCUT2D eigenvalue weighted by Gasteiger charge is 2.13. The normalized spacial score (nSPS) is 10.3. The van der Waals surface area contributed by atoms with Gasteiger partial charge in [0, 0.05) is 22.3 Å². The van der Waals surface area contributed by atoms with E-state index in [2.05, 4.69) is 26.6 Å². The van der Waals surface area contributed by atoms with Crippen LogP contribution in [0, 0.1) is 13.8 Å². The Balaban J connectivity index is 1.76. The van der Waals surface area contributed by atoms with E-state index < -0.39 is 18.5 Å². The van der Waals surface area contributed by atoms with E-state index >= 15 is 0 Å². The second-order valence-corrected chi connectivity index (χ2v) is 7.54. The summed E-state index contributed by atoms with van der Waals surface area (Å²) in [5.74, 6) is -1.29. The lowest BCUT2D eigenvalue weighted by molar-refractivity contribution is -0.147. The van der Waals surface area contributed by atoms with Crippen LogP contribution in [0.25, 0.3) is 0 Å². The molecule has 0 aliphatic rings. The van der Waals surface area contributed by atoms with Gasteiger partial charge in [-0.05, 0) is 55.2 Å². The third-order valence-corrected chi connectivity index (χ3v) is 5.23. The minimum absolute atomic E-state index is 0.0104. The van der Waals surface area contributed by atoms with Crippen LogP contribution in [-0.4, -0.2) is 24.4 Å². The van der Waals surface area contributed by atoms with Crippen LogP contribution < -0.4 is 10.6 Å². The lowest BCUT2D eigenvalue weighted by Crippen LogP contribution is -2.22. The maximum atomic E-state index is 12.1. The zero-order valence-corrected chi connectivity index (χ0v) is 18.4. The van der Waals surface area contributed by atoms with E-state index in [1.54, 1.807) is 0 Å². The van der Waals surface area contributed by atoms with E-state index in [0.29, 0.717) is 5.69 Å². The second kappa shape index (κ2) is 10.8. The van der Waals surface area contributed by atoms with Crippen LogP contribution in [0.4, 0.5) is 11.4 Å². The van der Waals surface area contributed by atoms with Gasteiger partial charge in [0.05, 0.1) is 6.42 Å². The first-order chi connectivity index (χ1) is 13.8. The molecule has 6 nitrogen and oxygen atoms in total. The molecule has 2 rings (SSSR count). The van der Waals surface area contributed by atoms with Crippen molar-refractivity contribution in [2.45, 2.75) is 40.0 Å². The molecule has 2 N–H and O–H groups in total. The molecular formula is C22H25BrN2O4. The molecule has 0 spiro atoms. The highest BCUT2D eigenvalue weighted by atomic mass is 79.9. The number of halogens is 1. The van der Waals surface area contributed by atoms with Crippen LogP contribution in [0.2, 0.25) is 0 Å². The van der Waals surface area contributed by atoms with Crippen LogP contribution in [0.15, 0.2) is 40.9 Å². The first kappa shape index (κ1) is 22.6. The van der Waals surface area contributed by atoms with Crippen LogP contribution in [0.1, 0.15) is 36.5 Å². The molecule has 0 bridgehead atoms. The predicted octanol–water partition coefficient (Wildman–Crippen LogP) is 4.53. The minimum Gasteiger partial charge on any atom is -0.456 e. The van der Waals surface area contributed by atoms with Gasteiger partial charge in [0.2, 0.25) is 5.91 Å². The predicted molar refractivity (Wildman–Crippen MR) is 117 cm³/mol. The number of amides is 2. The molecule has 0 heterocycles. The number of carbonyl (C=O) groups is 3. The van der Waals surface area contributed by atoms with Crippen LogP contribution in [-0.2, 0) is 25.5 Å². The Kier molecular flexibility index (Phi) is 8.39. The smallest absolute Gasteiger partial charge is 0.306 e. The fourth-order valence-electron chi connectivity index (χ4n) is 2.70. The maximum Gasteiger partial charge on any atom is 0.306 e. The average Bonchev–Trinajstić information content (AvgIpc) is 2.69. The molecule has 0 atom stereocenters. The van der Waals surface area contributed by atoms with Gasteiger partial charge in [0.25, 0.3) is 5.91 Å². The van der Waals surface area contributed by atoms with Crippen molar-refractivity contribution >= 4 is 45.1 Å². The Labute approximate surface area is 179 Å². The van der Waals surface area contributed by atoms with Crippen molar-refractivity contribution in [1.82, 2.24) is 0 Å². The summed E-state index contributed by atoms with van der Waals surface area (Å²) < 4.78 is 5.93. The van der Waals surface area contributed by atoms with E-state index in [1.165, 1.54) is 0 Å². The quantitative estimate of drug-likeness (QED) is 0.566. The highest BCUT2D eigenvalue weighted by molar-refractivity contribution is 9.10. The molecule has 0 aliphatic carbocycles. The average molecular weight is 461 g/mol. The molecule has 0 aliphatic heterocycles. The molecule has 0 aromatic heterocycles. The molecule has 2 aromatic rings. The molecule has 7 heteroatoms. The van der Waals surface area contributed by atoms with Gasteiger partial charge in [-0.15, -0.1) is 0 Å². The third kappa shape index (κ3) is 7.02. The number of ether oxygens (including phenoxy) is 1. The van der Waals surface area contributed by atoms with Gasteiger partial charge in [-0.2, -0.15) is 0 Å². The largest absolute Gasteiger partial charge is 0.456 e. The summed E-state index contributed by atoms with van der Waals surface area (Å²) in [6.07, 6.45) is 0.693.